The number of aliphatic imine (C=N–C) groups is 2. The first-order valence-corrected chi connectivity index (χ1v) is 11.0. The van der Waals surface area contributed by atoms with Crippen LogP contribution in [0.3, 0.4) is 0 Å². The Morgan fingerprint density at radius 2 is 1.97 bits per heavy atom. The van der Waals surface area contributed by atoms with Gasteiger partial charge in [-0.05, 0) is 58.0 Å². The average Bonchev–Trinajstić information content (AvgIpc) is 3.18. The third-order valence-electron chi connectivity index (χ3n) is 5.84. The monoisotopic (exact) mass is 481 g/mol. The Kier molecular flexibility index (Phi) is 6.70. The predicted molar refractivity (Wildman–Crippen MR) is 139 cm³/mol. The molecule has 4 aromatic heterocycles. The van der Waals surface area contributed by atoms with Gasteiger partial charge in [-0.3, -0.25) is 4.98 Å². The topological polar surface area (TPSA) is 90.4 Å². The van der Waals surface area contributed by atoms with Crippen LogP contribution in [-0.4, -0.2) is 37.2 Å². The van der Waals surface area contributed by atoms with Gasteiger partial charge in [-0.25, -0.2) is 29.3 Å². The molecule has 0 saturated heterocycles. The van der Waals surface area contributed by atoms with Crippen molar-refractivity contribution in [2.75, 3.05) is 0 Å². The van der Waals surface area contributed by atoms with Crippen molar-refractivity contribution >= 4 is 23.8 Å². The molecule has 4 heterocycles. The molecule has 0 atom stereocenters. The molecule has 0 aliphatic rings. The summed E-state index contributed by atoms with van der Waals surface area (Å²) in [7, 11) is 1.86. The summed E-state index contributed by atoms with van der Waals surface area (Å²) >= 11 is 0. The van der Waals surface area contributed by atoms with Crippen LogP contribution >= 0.6 is 0 Å². The molecule has 4 aromatic rings. The predicted octanol–water partition coefficient (Wildman–Crippen LogP) is 5.19. The van der Waals surface area contributed by atoms with E-state index in [9.17, 15) is 4.39 Å². The number of terminal acetylenes is 1. The second-order valence-electron chi connectivity index (χ2n) is 8.01. The molecule has 0 saturated carbocycles. The zero-order chi connectivity index (χ0) is 26.0. The molecule has 0 N–H and O–H groups in total. The molecule has 180 valence electrons. The second kappa shape index (κ2) is 9.88. The Balaban J connectivity index is 1.91. The second-order valence-corrected chi connectivity index (χ2v) is 8.01. The number of rotatable bonds is 4. The minimum atomic E-state index is -0.536. The molecule has 36 heavy (non-hydrogen) atoms. The van der Waals surface area contributed by atoms with Crippen molar-refractivity contribution < 1.29 is 9.13 Å². The average molecular weight is 482 g/mol. The lowest BCUT2D eigenvalue weighted by molar-refractivity contribution is 0.539. The molecule has 0 aromatic carbocycles. The molecule has 0 spiro atoms. The number of fused-ring (bicyclic) bond motifs is 1. The zero-order valence-corrected chi connectivity index (χ0v) is 20.7. The standard InChI is InChI=1S/C27H24FN7O/c1-8-15(3)34-27(29-6)36-18-10-11-21(30-12-18)23-22-17(5)32-14-33-26(22)35(7)25(23)19-13-31-20(9-2)24(28)16(19)4/h2,8,10-14H,6H2,1,3-5,7H3/b15-8-,34-27?. The summed E-state index contributed by atoms with van der Waals surface area (Å²) in [6, 6.07) is 3.67. The van der Waals surface area contributed by atoms with Crippen molar-refractivity contribution in [3.05, 3.63) is 65.4 Å². The smallest absolute Gasteiger partial charge is 0.321 e. The number of amidine groups is 1. The summed E-state index contributed by atoms with van der Waals surface area (Å²) in [6.07, 6.45) is 11.9. The first-order valence-electron chi connectivity index (χ1n) is 11.0. The van der Waals surface area contributed by atoms with Crippen LogP contribution in [0.15, 0.2) is 52.6 Å². The molecule has 0 aliphatic carbocycles. The maximum Gasteiger partial charge on any atom is 0.321 e. The molecule has 0 fully saturated rings. The van der Waals surface area contributed by atoms with Crippen molar-refractivity contribution in [3.63, 3.8) is 0 Å². The van der Waals surface area contributed by atoms with E-state index in [0.29, 0.717) is 33.9 Å². The van der Waals surface area contributed by atoms with Gasteiger partial charge in [-0.2, -0.15) is 0 Å². The van der Waals surface area contributed by atoms with Crippen molar-refractivity contribution in [2.24, 2.45) is 17.0 Å². The summed E-state index contributed by atoms with van der Waals surface area (Å²) in [5.41, 5.74) is 5.18. The highest BCUT2D eigenvalue weighted by atomic mass is 19.1. The minimum Gasteiger partial charge on any atom is -0.423 e. The van der Waals surface area contributed by atoms with Gasteiger partial charge in [0.15, 0.2) is 5.82 Å². The normalized spacial score (nSPS) is 12.0. The SMILES string of the molecule is C#Cc1ncc(-c2c(-c3ccc(OC(N=C)=N/C(C)=C\C)cn3)c3c(C)ncnc3n2C)c(C)c1F. The summed E-state index contributed by atoms with van der Waals surface area (Å²) in [5.74, 6) is 2.19. The van der Waals surface area contributed by atoms with Gasteiger partial charge < -0.3 is 9.30 Å². The Morgan fingerprint density at radius 3 is 2.61 bits per heavy atom. The van der Waals surface area contributed by atoms with Gasteiger partial charge in [0.05, 0.1) is 28.7 Å². The maximum absolute atomic E-state index is 15.0. The Hall–Kier alpha value is -4.71. The van der Waals surface area contributed by atoms with E-state index >= 15 is 0 Å². The van der Waals surface area contributed by atoms with Crippen LogP contribution < -0.4 is 4.74 Å². The van der Waals surface area contributed by atoms with Gasteiger partial charge in [0.1, 0.15) is 23.4 Å². The van der Waals surface area contributed by atoms with E-state index in [0.717, 1.165) is 22.3 Å². The summed E-state index contributed by atoms with van der Waals surface area (Å²) in [4.78, 5) is 25.7. The quantitative estimate of drug-likeness (QED) is 0.227. The molecule has 0 aliphatic heterocycles. The van der Waals surface area contributed by atoms with Crippen LogP contribution in [0.25, 0.3) is 33.5 Å². The van der Waals surface area contributed by atoms with Crippen LogP contribution in [0.1, 0.15) is 30.8 Å². The Labute approximate surface area is 208 Å². The number of pyridine rings is 2. The molecule has 0 unspecified atom stereocenters. The number of allylic oxidation sites excluding steroid dienone is 2. The third-order valence-corrected chi connectivity index (χ3v) is 5.84. The van der Waals surface area contributed by atoms with Crippen molar-refractivity contribution in [3.8, 4) is 40.6 Å². The van der Waals surface area contributed by atoms with Gasteiger partial charge in [0, 0.05) is 30.1 Å². The highest BCUT2D eigenvalue weighted by Crippen LogP contribution is 2.41. The van der Waals surface area contributed by atoms with Crippen molar-refractivity contribution in [1.82, 2.24) is 24.5 Å². The van der Waals surface area contributed by atoms with Gasteiger partial charge >= 0.3 is 6.02 Å². The third kappa shape index (κ3) is 4.25. The van der Waals surface area contributed by atoms with Crippen LogP contribution in [0, 0.1) is 32.0 Å². The number of hydrogen-bond acceptors (Lipinski definition) is 6. The fourth-order valence-electron chi connectivity index (χ4n) is 3.88. The van der Waals surface area contributed by atoms with E-state index in [1.54, 1.807) is 31.5 Å². The summed E-state index contributed by atoms with van der Waals surface area (Å²) < 4.78 is 22.6. The fraction of sp³-hybridized carbons (Fsp3) is 0.185. The molecule has 8 nitrogen and oxygen atoms in total. The van der Waals surface area contributed by atoms with E-state index in [-0.39, 0.29) is 11.7 Å². The number of aromatic nitrogens is 5. The van der Waals surface area contributed by atoms with Crippen LogP contribution in [0.2, 0.25) is 0 Å². The Morgan fingerprint density at radius 1 is 1.19 bits per heavy atom. The number of nitrogens with zero attached hydrogens (tertiary/aromatic N) is 7. The van der Waals surface area contributed by atoms with Gasteiger partial charge in [0.2, 0.25) is 0 Å². The first-order chi connectivity index (χ1) is 17.3. The molecule has 0 radical (unpaired) electrons. The molecule has 0 amide bonds. The molecule has 9 heteroatoms. The number of aryl methyl sites for hydroxylation is 2. The van der Waals surface area contributed by atoms with E-state index < -0.39 is 5.82 Å². The number of ether oxygens (including phenoxy) is 1. The Bertz CT molecular complexity index is 1590. The summed E-state index contributed by atoms with van der Waals surface area (Å²) in [5, 5.41) is 0.802. The maximum atomic E-state index is 15.0. The lowest BCUT2D eigenvalue weighted by Crippen LogP contribution is -2.05. The molecule has 4 rings (SSSR count). The van der Waals surface area contributed by atoms with Crippen LogP contribution in [0.4, 0.5) is 4.39 Å². The molecular formula is C27H24FN7O. The van der Waals surface area contributed by atoms with Crippen molar-refractivity contribution in [1.29, 1.82) is 0 Å². The number of halogens is 1. The summed E-state index contributed by atoms with van der Waals surface area (Å²) in [6.45, 7) is 10.8. The van der Waals surface area contributed by atoms with Crippen LogP contribution in [-0.2, 0) is 7.05 Å². The first kappa shape index (κ1) is 24.4. The highest BCUT2D eigenvalue weighted by Gasteiger charge is 2.25. The van der Waals surface area contributed by atoms with Gasteiger partial charge in [0.25, 0.3) is 0 Å². The minimum absolute atomic E-state index is 0.0337. The fourth-order valence-corrected chi connectivity index (χ4v) is 3.88. The van der Waals surface area contributed by atoms with Crippen LogP contribution in [0.5, 0.6) is 5.75 Å². The lowest BCUT2D eigenvalue weighted by atomic mass is 9.99. The molecular weight excluding hydrogens is 457 g/mol. The highest BCUT2D eigenvalue weighted by molar-refractivity contribution is 6.03. The van der Waals surface area contributed by atoms with E-state index in [4.69, 9.17) is 11.2 Å². The van der Waals surface area contributed by atoms with E-state index in [1.165, 1.54) is 6.33 Å². The number of hydrogen-bond donors (Lipinski definition) is 0. The van der Waals surface area contributed by atoms with Gasteiger partial charge in [-0.15, -0.1) is 6.42 Å². The largest absolute Gasteiger partial charge is 0.423 e. The lowest BCUT2D eigenvalue weighted by Gasteiger charge is -2.12. The van der Waals surface area contributed by atoms with E-state index in [2.05, 4.69) is 42.6 Å². The zero-order valence-electron chi connectivity index (χ0n) is 20.7. The molecule has 0 bridgehead atoms. The van der Waals surface area contributed by atoms with Crippen molar-refractivity contribution in [2.45, 2.75) is 27.7 Å². The van der Waals surface area contributed by atoms with Gasteiger partial charge in [-0.1, -0.05) is 6.08 Å². The van der Waals surface area contributed by atoms with E-state index in [1.807, 2.05) is 38.5 Å².